The fourth-order valence-electron chi connectivity index (χ4n) is 3.05. The molecular formula is C18H17N5O2. The molecule has 1 aliphatic rings. The van der Waals surface area contributed by atoms with Crippen LogP contribution in [-0.2, 0) is 0 Å². The molecule has 25 heavy (non-hydrogen) atoms. The summed E-state index contributed by atoms with van der Waals surface area (Å²) in [6.45, 7) is 1.30. The number of hydrogen-bond donors (Lipinski definition) is 0. The summed E-state index contributed by atoms with van der Waals surface area (Å²) in [7, 11) is 0. The molecule has 3 aromatic rings. The first-order chi connectivity index (χ1) is 12.3. The van der Waals surface area contributed by atoms with Gasteiger partial charge in [0.1, 0.15) is 0 Å². The first-order valence-electron chi connectivity index (χ1n) is 8.24. The molecule has 4 rings (SSSR count). The molecule has 0 radical (unpaired) electrons. The zero-order chi connectivity index (χ0) is 17.1. The summed E-state index contributed by atoms with van der Waals surface area (Å²) in [6, 6.07) is 7.28. The Hall–Kier alpha value is -3.09. The molecule has 7 heteroatoms. The van der Waals surface area contributed by atoms with Crippen molar-refractivity contribution in [1.29, 1.82) is 0 Å². The van der Waals surface area contributed by atoms with Crippen molar-refractivity contribution in [2.24, 2.45) is 0 Å². The van der Waals surface area contributed by atoms with Crippen LogP contribution in [0.25, 0.3) is 11.4 Å². The molecule has 126 valence electrons. The first kappa shape index (κ1) is 15.4. The lowest BCUT2D eigenvalue weighted by atomic mass is 9.97. The van der Waals surface area contributed by atoms with Crippen molar-refractivity contribution < 1.29 is 9.32 Å². The van der Waals surface area contributed by atoms with Crippen molar-refractivity contribution in [3.8, 4) is 11.4 Å². The van der Waals surface area contributed by atoms with Crippen LogP contribution in [0.4, 0.5) is 0 Å². The van der Waals surface area contributed by atoms with Crippen molar-refractivity contribution in [2.45, 2.75) is 18.8 Å². The molecule has 1 aliphatic heterocycles. The number of amides is 1. The van der Waals surface area contributed by atoms with E-state index >= 15 is 0 Å². The zero-order valence-corrected chi connectivity index (χ0v) is 13.6. The molecule has 0 aromatic carbocycles. The second-order valence-corrected chi connectivity index (χ2v) is 6.03. The lowest BCUT2D eigenvalue weighted by Crippen LogP contribution is -2.39. The molecule has 1 atom stereocenters. The highest BCUT2D eigenvalue weighted by atomic mass is 16.5. The molecule has 1 fully saturated rings. The summed E-state index contributed by atoms with van der Waals surface area (Å²) < 4.78 is 5.45. The third-order valence-electron chi connectivity index (χ3n) is 4.33. The van der Waals surface area contributed by atoms with Crippen LogP contribution in [0.1, 0.15) is 35.0 Å². The van der Waals surface area contributed by atoms with Crippen molar-refractivity contribution in [3.05, 3.63) is 60.5 Å². The highest BCUT2D eigenvalue weighted by Crippen LogP contribution is 2.28. The van der Waals surface area contributed by atoms with Gasteiger partial charge in [0.15, 0.2) is 0 Å². The average Bonchev–Trinajstić information content (AvgIpc) is 3.19. The average molecular weight is 335 g/mol. The third-order valence-corrected chi connectivity index (χ3v) is 4.33. The Balaban J connectivity index is 1.50. The van der Waals surface area contributed by atoms with Gasteiger partial charge in [-0.1, -0.05) is 5.16 Å². The predicted octanol–water partition coefficient (Wildman–Crippen LogP) is 2.55. The monoisotopic (exact) mass is 335 g/mol. The van der Waals surface area contributed by atoms with Crippen molar-refractivity contribution in [2.75, 3.05) is 13.1 Å². The van der Waals surface area contributed by atoms with Crippen LogP contribution in [0.5, 0.6) is 0 Å². The number of carbonyl (C=O) groups excluding carboxylic acids is 1. The van der Waals surface area contributed by atoms with Crippen LogP contribution in [0.3, 0.4) is 0 Å². The molecule has 0 bridgehead atoms. The summed E-state index contributed by atoms with van der Waals surface area (Å²) >= 11 is 0. The number of likely N-dealkylation sites (tertiary alicyclic amines) is 1. The topological polar surface area (TPSA) is 85.0 Å². The Morgan fingerprint density at radius 2 is 2.00 bits per heavy atom. The summed E-state index contributed by atoms with van der Waals surface area (Å²) in [6.07, 6.45) is 8.49. The Morgan fingerprint density at radius 3 is 2.76 bits per heavy atom. The molecule has 0 N–H and O–H groups in total. The van der Waals surface area contributed by atoms with E-state index in [2.05, 4.69) is 20.1 Å². The molecular weight excluding hydrogens is 318 g/mol. The van der Waals surface area contributed by atoms with E-state index in [0.29, 0.717) is 23.8 Å². The maximum Gasteiger partial charge on any atom is 0.255 e. The van der Waals surface area contributed by atoms with E-state index in [-0.39, 0.29) is 11.8 Å². The minimum Gasteiger partial charge on any atom is -0.339 e. The molecule has 4 heterocycles. The van der Waals surface area contributed by atoms with E-state index in [9.17, 15) is 4.79 Å². The lowest BCUT2D eigenvalue weighted by Gasteiger charge is -2.31. The van der Waals surface area contributed by atoms with E-state index in [1.807, 2.05) is 17.0 Å². The van der Waals surface area contributed by atoms with E-state index in [1.54, 1.807) is 36.9 Å². The standard InChI is InChI=1S/C18H17N5O2/c24-18(14-5-2-8-20-11-14)23-9-3-6-15(12-23)17-21-16(22-25-17)13-4-1-7-19-10-13/h1-2,4-5,7-8,10-11,15H,3,6,9,12H2/t15-/m0/s1. The largest absolute Gasteiger partial charge is 0.339 e. The number of nitrogens with zero attached hydrogens (tertiary/aromatic N) is 5. The molecule has 7 nitrogen and oxygen atoms in total. The number of rotatable bonds is 3. The van der Waals surface area contributed by atoms with E-state index in [4.69, 9.17) is 4.52 Å². The van der Waals surface area contributed by atoms with Crippen LogP contribution in [0.15, 0.2) is 53.6 Å². The summed E-state index contributed by atoms with van der Waals surface area (Å²) in [5.74, 6) is 1.14. The zero-order valence-electron chi connectivity index (χ0n) is 13.6. The molecule has 1 saturated heterocycles. The van der Waals surface area contributed by atoms with Gasteiger partial charge < -0.3 is 9.42 Å². The van der Waals surface area contributed by atoms with Crippen LogP contribution in [-0.4, -0.2) is 44.0 Å². The van der Waals surface area contributed by atoms with Crippen LogP contribution in [0.2, 0.25) is 0 Å². The molecule has 0 aliphatic carbocycles. The number of carbonyl (C=O) groups is 1. The summed E-state index contributed by atoms with van der Waals surface area (Å²) in [5, 5.41) is 4.05. The van der Waals surface area contributed by atoms with Crippen molar-refractivity contribution in [3.63, 3.8) is 0 Å². The maximum absolute atomic E-state index is 12.6. The van der Waals surface area contributed by atoms with Gasteiger partial charge in [0.25, 0.3) is 5.91 Å². The van der Waals surface area contributed by atoms with Gasteiger partial charge in [0.2, 0.25) is 11.7 Å². The fraction of sp³-hybridized carbons (Fsp3) is 0.278. The Bertz CT molecular complexity index is 850. The summed E-state index contributed by atoms with van der Waals surface area (Å²) in [4.78, 5) is 27.0. The number of aromatic nitrogens is 4. The van der Waals surface area contributed by atoms with Crippen molar-refractivity contribution in [1.82, 2.24) is 25.0 Å². The number of piperidine rings is 1. The van der Waals surface area contributed by atoms with Gasteiger partial charge in [-0.05, 0) is 37.1 Å². The van der Waals surface area contributed by atoms with E-state index < -0.39 is 0 Å². The smallest absolute Gasteiger partial charge is 0.255 e. The van der Waals surface area contributed by atoms with Crippen LogP contribution in [0, 0.1) is 0 Å². The second-order valence-electron chi connectivity index (χ2n) is 6.03. The Labute approximate surface area is 144 Å². The molecule has 0 saturated carbocycles. The van der Waals surface area contributed by atoms with Gasteiger partial charge in [-0.25, -0.2) is 0 Å². The van der Waals surface area contributed by atoms with E-state index in [0.717, 1.165) is 24.9 Å². The highest BCUT2D eigenvalue weighted by molar-refractivity contribution is 5.93. The van der Waals surface area contributed by atoms with Gasteiger partial charge >= 0.3 is 0 Å². The summed E-state index contributed by atoms with van der Waals surface area (Å²) in [5.41, 5.74) is 1.42. The van der Waals surface area contributed by atoms with Crippen molar-refractivity contribution >= 4 is 5.91 Å². The Kier molecular flexibility index (Phi) is 4.20. The second kappa shape index (κ2) is 6.80. The number of hydrogen-bond acceptors (Lipinski definition) is 6. The van der Waals surface area contributed by atoms with E-state index in [1.165, 1.54) is 0 Å². The lowest BCUT2D eigenvalue weighted by molar-refractivity contribution is 0.0695. The minimum absolute atomic E-state index is 0.00945. The molecule has 0 spiro atoms. The van der Waals surface area contributed by atoms with Gasteiger partial charge in [-0.2, -0.15) is 4.98 Å². The van der Waals surface area contributed by atoms with Gasteiger partial charge in [0, 0.05) is 43.4 Å². The fourth-order valence-corrected chi connectivity index (χ4v) is 3.05. The highest BCUT2D eigenvalue weighted by Gasteiger charge is 2.29. The van der Waals surface area contributed by atoms with Gasteiger partial charge in [0.05, 0.1) is 11.5 Å². The quantitative estimate of drug-likeness (QED) is 0.731. The minimum atomic E-state index is -0.00945. The van der Waals surface area contributed by atoms with Gasteiger partial charge in [-0.15, -0.1) is 0 Å². The first-order valence-corrected chi connectivity index (χ1v) is 8.24. The maximum atomic E-state index is 12.6. The van der Waals surface area contributed by atoms with Crippen LogP contribution < -0.4 is 0 Å². The normalized spacial score (nSPS) is 17.4. The van der Waals surface area contributed by atoms with Crippen LogP contribution >= 0.6 is 0 Å². The SMILES string of the molecule is O=C(c1cccnc1)N1CCC[C@H](c2nc(-c3cccnc3)no2)C1. The van der Waals surface area contributed by atoms with Gasteiger partial charge in [-0.3, -0.25) is 14.8 Å². The predicted molar refractivity (Wildman–Crippen MR) is 89.6 cm³/mol. The molecule has 3 aromatic heterocycles. The number of pyridine rings is 2. The third kappa shape index (κ3) is 3.26. The molecule has 0 unspecified atom stereocenters. The molecule has 1 amide bonds. The Morgan fingerprint density at radius 1 is 1.16 bits per heavy atom.